The molecule has 0 aliphatic heterocycles. The largest absolute Gasteiger partial charge is 0.379 e. The van der Waals surface area contributed by atoms with E-state index in [0.717, 1.165) is 29.2 Å². The van der Waals surface area contributed by atoms with Gasteiger partial charge in [0, 0.05) is 11.6 Å². The third-order valence-electron chi connectivity index (χ3n) is 2.28. The summed E-state index contributed by atoms with van der Waals surface area (Å²) in [4.78, 5) is 0. The molecular formula is C12H18ClNO. The normalized spacial score (nSPS) is 12.8. The summed E-state index contributed by atoms with van der Waals surface area (Å²) in [6, 6.07) is 5.70. The van der Waals surface area contributed by atoms with Crippen molar-refractivity contribution in [2.75, 3.05) is 13.2 Å². The summed E-state index contributed by atoms with van der Waals surface area (Å²) in [6.07, 6.45) is 1.02. The van der Waals surface area contributed by atoms with Crippen LogP contribution in [-0.2, 0) is 4.74 Å². The Hall–Kier alpha value is -0.570. The van der Waals surface area contributed by atoms with Gasteiger partial charge in [0.25, 0.3) is 0 Å². The minimum Gasteiger partial charge on any atom is -0.379 e. The second-order valence-corrected chi connectivity index (χ2v) is 4.12. The Morgan fingerprint density at radius 3 is 2.80 bits per heavy atom. The Morgan fingerprint density at radius 2 is 2.20 bits per heavy atom. The third kappa shape index (κ3) is 3.82. The molecule has 1 aromatic carbocycles. The highest BCUT2D eigenvalue weighted by atomic mass is 35.5. The van der Waals surface area contributed by atoms with E-state index >= 15 is 0 Å². The summed E-state index contributed by atoms with van der Waals surface area (Å²) in [7, 11) is 0. The molecule has 0 aliphatic carbocycles. The van der Waals surface area contributed by atoms with Gasteiger partial charge < -0.3 is 10.5 Å². The lowest BCUT2D eigenvalue weighted by atomic mass is 10.0. The van der Waals surface area contributed by atoms with E-state index in [0.29, 0.717) is 6.61 Å². The van der Waals surface area contributed by atoms with E-state index in [1.807, 2.05) is 25.1 Å². The summed E-state index contributed by atoms with van der Waals surface area (Å²) in [5.74, 6) is 0. The van der Waals surface area contributed by atoms with Crippen molar-refractivity contribution in [1.29, 1.82) is 0 Å². The minimum absolute atomic E-state index is 0.0613. The molecule has 0 spiro atoms. The van der Waals surface area contributed by atoms with Gasteiger partial charge in [0.1, 0.15) is 0 Å². The average molecular weight is 228 g/mol. The Morgan fingerprint density at radius 1 is 1.47 bits per heavy atom. The average Bonchev–Trinajstić information content (AvgIpc) is 2.17. The number of aryl methyl sites for hydroxylation is 1. The molecule has 0 radical (unpaired) electrons. The smallest absolute Gasteiger partial charge is 0.0659 e. The Balaban J connectivity index is 2.61. The molecule has 1 unspecified atom stereocenters. The van der Waals surface area contributed by atoms with Gasteiger partial charge in [-0.05, 0) is 36.6 Å². The summed E-state index contributed by atoms with van der Waals surface area (Å²) in [6.45, 7) is 5.43. The van der Waals surface area contributed by atoms with Crippen molar-refractivity contribution in [3.63, 3.8) is 0 Å². The molecule has 2 N–H and O–H groups in total. The molecule has 1 atom stereocenters. The molecule has 0 aliphatic rings. The zero-order valence-electron chi connectivity index (χ0n) is 9.29. The summed E-state index contributed by atoms with van der Waals surface area (Å²) < 4.78 is 5.43. The first-order valence-electron chi connectivity index (χ1n) is 5.24. The molecule has 1 rings (SSSR count). The third-order valence-corrected chi connectivity index (χ3v) is 2.51. The number of rotatable bonds is 5. The molecule has 2 nitrogen and oxygen atoms in total. The van der Waals surface area contributed by atoms with Crippen molar-refractivity contribution in [2.24, 2.45) is 5.73 Å². The van der Waals surface area contributed by atoms with Gasteiger partial charge in [0.15, 0.2) is 0 Å². The number of hydrogen-bond acceptors (Lipinski definition) is 2. The van der Waals surface area contributed by atoms with Crippen LogP contribution in [0.15, 0.2) is 18.2 Å². The standard InChI is InChI=1S/C12H18ClNO/c1-3-6-15-8-12(14)11-5-4-10(13)7-9(11)2/h4-5,7,12H,3,6,8,14H2,1-2H3. The van der Waals surface area contributed by atoms with E-state index in [4.69, 9.17) is 22.1 Å². The van der Waals surface area contributed by atoms with Crippen LogP contribution in [0.2, 0.25) is 5.02 Å². The van der Waals surface area contributed by atoms with Crippen LogP contribution in [0.4, 0.5) is 0 Å². The first kappa shape index (κ1) is 12.5. The van der Waals surface area contributed by atoms with Crippen LogP contribution in [0.25, 0.3) is 0 Å². The van der Waals surface area contributed by atoms with Gasteiger partial charge in [-0.25, -0.2) is 0 Å². The Bertz CT molecular complexity index is 314. The van der Waals surface area contributed by atoms with Gasteiger partial charge in [-0.1, -0.05) is 24.6 Å². The Kier molecular flexibility index (Phi) is 5.09. The van der Waals surface area contributed by atoms with E-state index in [2.05, 4.69) is 6.92 Å². The summed E-state index contributed by atoms with van der Waals surface area (Å²) >= 11 is 5.88. The van der Waals surface area contributed by atoms with Crippen LogP contribution in [0.3, 0.4) is 0 Å². The molecule has 84 valence electrons. The first-order chi connectivity index (χ1) is 7.15. The monoisotopic (exact) mass is 227 g/mol. The van der Waals surface area contributed by atoms with Crippen LogP contribution in [0.5, 0.6) is 0 Å². The maximum absolute atomic E-state index is 6.02. The van der Waals surface area contributed by atoms with Crippen molar-refractivity contribution in [3.8, 4) is 0 Å². The summed E-state index contributed by atoms with van der Waals surface area (Å²) in [5.41, 5.74) is 8.25. The van der Waals surface area contributed by atoms with Crippen LogP contribution in [0.1, 0.15) is 30.5 Å². The maximum Gasteiger partial charge on any atom is 0.0659 e. The van der Waals surface area contributed by atoms with E-state index in [9.17, 15) is 0 Å². The highest BCUT2D eigenvalue weighted by Gasteiger charge is 2.08. The number of nitrogens with two attached hydrogens (primary N) is 1. The van der Waals surface area contributed by atoms with Crippen molar-refractivity contribution in [3.05, 3.63) is 34.3 Å². The molecule has 0 saturated heterocycles. The lowest BCUT2D eigenvalue weighted by Crippen LogP contribution is -2.18. The zero-order valence-corrected chi connectivity index (χ0v) is 10.1. The molecule has 3 heteroatoms. The van der Waals surface area contributed by atoms with Gasteiger partial charge >= 0.3 is 0 Å². The van der Waals surface area contributed by atoms with Crippen LogP contribution < -0.4 is 5.73 Å². The molecule has 0 heterocycles. The Labute approximate surface area is 96.4 Å². The van der Waals surface area contributed by atoms with E-state index < -0.39 is 0 Å². The highest BCUT2D eigenvalue weighted by Crippen LogP contribution is 2.20. The topological polar surface area (TPSA) is 35.2 Å². The van der Waals surface area contributed by atoms with Gasteiger partial charge in [-0.15, -0.1) is 0 Å². The molecular weight excluding hydrogens is 210 g/mol. The minimum atomic E-state index is -0.0613. The van der Waals surface area contributed by atoms with E-state index in [1.54, 1.807) is 0 Å². The van der Waals surface area contributed by atoms with Crippen molar-refractivity contribution in [2.45, 2.75) is 26.3 Å². The fourth-order valence-corrected chi connectivity index (χ4v) is 1.73. The first-order valence-corrected chi connectivity index (χ1v) is 5.62. The molecule has 0 bridgehead atoms. The predicted octanol–water partition coefficient (Wildman–Crippen LogP) is 3.07. The molecule has 0 fully saturated rings. The SMILES string of the molecule is CCCOCC(N)c1ccc(Cl)cc1C. The number of halogens is 1. The van der Waals surface area contributed by atoms with Crippen LogP contribution >= 0.6 is 11.6 Å². The van der Waals surface area contributed by atoms with Gasteiger partial charge in [-0.2, -0.15) is 0 Å². The lowest BCUT2D eigenvalue weighted by Gasteiger charge is -2.15. The summed E-state index contributed by atoms with van der Waals surface area (Å²) in [5, 5.41) is 0.748. The molecule has 0 amide bonds. The van der Waals surface area contributed by atoms with Gasteiger partial charge in [0.2, 0.25) is 0 Å². The molecule has 0 saturated carbocycles. The quantitative estimate of drug-likeness (QED) is 0.785. The van der Waals surface area contributed by atoms with E-state index in [1.165, 1.54) is 0 Å². The fourth-order valence-electron chi connectivity index (χ4n) is 1.50. The number of hydrogen-bond donors (Lipinski definition) is 1. The lowest BCUT2D eigenvalue weighted by molar-refractivity contribution is 0.121. The van der Waals surface area contributed by atoms with Crippen molar-refractivity contribution in [1.82, 2.24) is 0 Å². The van der Waals surface area contributed by atoms with Gasteiger partial charge in [-0.3, -0.25) is 0 Å². The molecule has 1 aromatic rings. The zero-order chi connectivity index (χ0) is 11.3. The van der Waals surface area contributed by atoms with Gasteiger partial charge in [0.05, 0.1) is 12.6 Å². The van der Waals surface area contributed by atoms with Crippen LogP contribution in [0, 0.1) is 6.92 Å². The van der Waals surface area contributed by atoms with Crippen molar-refractivity contribution >= 4 is 11.6 Å². The predicted molar refractivity (Wildman–Crippen MR) is 64.2 cm³/mol. The van der Waals surface area contributed by atoms with Crippen molar-refractivity contribution < 1.29 is 4.74 Å². The second kappa shape index (κ2) is 6.11. The number of ether oxygens (including phenoxy) is 1. The van der Waals surface area contributed by atoms with E-state index in [-0.39, 0.29) is 6.04 Å². The highest BCUT2D eigenvalue weighted by molar-refractivity contribution is 6.30. The number of benzene rings is 1. The molecule has 15 heavy (non-hydrogen) atoms. The second-order valence-electron chi connectivity index (χ2n) is 3.68. The fraction of sp³-hybridized carbons (Fsp3) is 0.500. The maximum atomic E-state index is 6.02. The van der Waals surface area contributed by atoms with Crippen LogP contribution in [-0.4, -0.2) is 13.2 Å². The molecule has 0 aromatic heterocycles.